The van der Waals surface area contributed by atoms with Gasteiger partial charge in [-0.25, -0.2) is 0 Å². The van der Waals surface area contributed by atoms with E-state index in [0.29, 0.717) is 6.10 Å². The second kappa shape index (κ2) is 3.51. The molecule has 1 heteroatoms. The smallest absolute Gasteiger partial charge is 0.0614 e. The van der Waals surface area contributed by atoms with Gasteiger partial charge >= 0.3 is 0 Å². The third-order valence-electron chi connectivity index (χ3n) is 2.88. The van der Waals surface area contributed by atoms with Crippen molar-refractivity contribution in [3.8, 4) is 0 Å². The van der Waals surface area contributed by atoms with E-state index in [2.05, 4.69) is 25.1 Å². The molecule has 0 spiro atoms. The van der Waals surface area contributed by atoms with Crippen LogP contribution in [-0.2, 0) is 17.6 Å². The molecule has 1 aliphatic carbocycles. The Hall–Kier alpha value is -0.820. The Morgan fingerprint density at radius 3 is 2.92 bits per heavy atom. The summed E-state index contributed by atoms with van der Waals surface area (Å²) in [5.74, 6) is 0. The number of methoxy groups -OCH3 is 1. The highest BCUT2D eigenvalue weighted by atomic mass is 16.5. The summed E-state index contributed by atoms with van der Waals surface area (Å²) >= 11 is 0. The number of aryl methyl sites for hydroxylation is 2. The second-order valence-corrected chi connectivity index (χ2v) is 3.87. The molecule has 0 N–H and O–H groups in total. The van der Waals surface area contributed by atoms with Crippen molar-refractivity contribution in [2.24, 2.45) is 0 Å². The molecule has 0 amide bonds. The molecule has 1 unspecified atom stereocenters. The molecule has 0 aromatic heterocycles. The minimum Gasteiger partial charge on any atom is -0.381 e. The molecule has 1 aromatic carbocycles. The van der Waals surface area contributed by atoms with Gasteiger partial charge < -0.3 is 4.74 Å². The van der Waals surface area contributed by atoms with Gasteiger partial charge in [-0.1, -0.05) is 23.8 Å². The Balaban J connectivity index is 2.26. The van der Waals surface area contributed by atoms with Crippen LogP contribution in [0.25, 0.3) is 0 Å². The topological polar surface area (TPSA) is 9.23 Å². The first-order chi connectivity index (χ1) is 6.29. The zero-order valence-corrected chi connectivity index (χ0v) is 8.34. The van der Waals surface area contributed by atoms with Crippen LogP contribution in [0.2, 0.25) is 0 Å². The first kappa shape index (κ1) is 8.76. The standard InChI is InChI=1S/C12H16O/c1-9-3-4-11-8-12(13-2)6-5-10(11)7-9/h3-4,7,12H,5-6,8H2,1-2H3. The van der Waals surface area contributed by atoms with Crippen LogP contribution in [0.5, 0.6) is 0 Å². The van der Waals surface area contributed by atoms with Crippen molar-refractivity contribution in [1.82, 2.24) is 0 Å². The lowest BCUT2D eigenvalue weighted by molar-refractivity contribution is 0.0911. The predicted molar refractivity (Wildman–Crippen MR) is 54.0 cm³/mol. The van der Waals surface area contributed by atoms with Gasteiger partial charge in [-0.15, -0.1) is 0 Å². The van der Waals surface area contributed by atoms with Crippen molar-refractivity contribution in [3.05, 3.63) is 34.9 Å². The zero-order valence-electron chi connectivity index (χ0n) is 8.34. The molecule has 70 valence electrons. The highest BCUT2D eigenvalue weighted by Gasteiger charge is 2.17. The molecular weight excluding hydrogens is 160 g/mol. The van der Waals surface area contributed by atoms with Gasteiger partial charge in [0.2, 0.25) is 0 Å². The van der Waals surface area contributed by atoms with Crippen LogP contribution in [0.1, 0.15) is 23.1 Å². The normalized spacial score (nSPS) is 21.2. The fraction of sp³-hybridized carbons (Fsp3) is 0.500. The van der Waals surface area contributed by atoms with Gasteiger partial charge in [0.1, 0.15) is 0 Å². The second-order valence-electron chi connectivity index (χ2n) is 3.87. The Morgan fingerprint density at radius 1 is 1.31 bits per heavy atom. The summed E-state index contributed by atoms with van der Waals surface area (Å²) in [5.41, 5.74) is 4.37. The quantitative estimate of drug-likeness (QED) is 0.639. The highest BCUT2D eigenvalue weighted by Crippen LogP contribution is 2.23. The lowest BCUT2D eigenvalue weighted by atomic mass is 9.89. The number of benzene rings is 1. The van der Waals surface area contributed by atoms with Gasteiger partial charge in [0.25, 0.3) is 0 Å². The molecule has 1 atom stereocenters. The SMILES string of the molecule is COC1CCc2cc(C)ccc2C1. The summed E-state index contributed by atoms with van der Waals surface area (Å²) in [4.78, 5) is 0. The average molecular weight is 176 g/mol. The fourth-order valence-corrected chi connectivity index (χ4v) is 2.05. The highest BCUT2D eigenvalue weighted by molar-refractivity contribution is 5.33. The first-order valence-electron chi connectivity index (χ1n) is 4.91. The minimum absolute atomic E-state index is 0.440. The number of fused-ring (bicyclic) bond motifs is 1. The maximum Gasteiger partial charge on any atom is 0.0614 e. The van der Waals surface area contributed by atoms with Crippen LogP contribution in [0, 0.1) is 6.92 Å². The van der Waals surface area contributed by atoms with Crippen molar-refractivity contribution < 1.29 is 4.74 Å². The number of ether oxygens (including phenoxy) is 1. The van der Waals surface area contributed by atoms with Crippen LogP contribution in [-0.4, -0.2) is 13.2 Å². The van der Waals surface area contributed by atoms with Crippen LogP contribution in [0.15, 0.2) is 18.2 Å². The molecule has 0 saturated carbocycles. The van der Waals surface area contributed by atoms with E-state index < -0.39 is 0 Å². The largest absolute Gasteiger partial charge is 0.381 e. The summed E-state index contributed by atoms with van der Waals surface area (Å²) in [7, 11) is 1.81. The molecule has 0 fully saturated rings. The Morgan fingerprint density at radius 2 is 2.15 bits per heavy atom. The predicted octanol–water partition coefficient (Wildman–Crippen LogP) is 2.50. The third kappa shape index (κ3) is 1.75. The Bertz CT molecular complexity index is 304. The van der Waals surface area contributed by atoms with Crippen LogP contribution >= 0.6 is 0 Å². The molecule has 0 bridgehead atoms. The molecule has 1 aliphatic rings. The van der Waals surface area contributed by atoms with Crippen LogP contribution in [0.4, 0.5) is 0 Å². The molecule has 0 radical (unpaired) electrons. The van der Waals surface area contributed by atoms with Crippen molar-refractivity contribution in [3.63, 3.8) is 0 Å². The number of hydrogen-bond donors (Lipinski definition) is 0. The molecule has 0 aliphatic heterocycles. The molecule has 1 aromatic rings. The molecule has 13 heavy (non-hydrogen) atoms. The Kier molecular flexibility index (Phi) is 2.36. The Labute approximate surface area is 79.7 Å². The van der Waals surface area contributed by atoms with Crippen LogP contribution in [0.3, 0.4) is 0 Å². The fourth-order valence-electron chi connectivity index (χ4n) is 2.05. The maximum absolute atomic E-state index is 5.38. The van der Waals surface area contributed by atoms with E-state index in [1.54, 1.807) is 0 Å². The van der Waals surface area contributed by atoms with Gasteiger partial charge in [-0.3, -0.25) is 0 Å². The van der Waals surface area contributed by atoms with E-state index in [1.807, 2.05) is 7.11 Å². The van der Waals surface area contributed by atoms with Gasteiger partial charge in [0.05, 0.1) is 6.10 Å². The van der Waals surface area contributed by atoms with E-state index in [4.69, 9.17) is 4.74 Å². The zero-order chi connectivity index (χ0) is 9.26. The van der Waals surface area contributed by atoms with Gasteiger partial charge in [0, 0.05) is 7.11 Å². The van der Waals surface area contributed by atoms with E-state index >= 15 is 0 Å². The summed E-state index contributed by atoms with van der Waals surface area (Å²) in [6, 6.07) is 6.74. The molecule has 0 heterocycles. The van der Waals surface area contributed by atoms with Crippen LogP contribution < -0.4 is 0 Å². The van der Waals surface area contributed by atoms with Gasteiger partial charge in [-0.05, 0) is 37.3 Å². The lowest BCUT2D eigenvalue weighted by Gasteiger charge is -2.23. The van der Waals surface area contributed by atoms with E-state index in [9.17, 15) is 0 Å². The number of hydrogen-bond acceptors (Lipinski definition) is 1. The summed E-state index contributed by atoms with van der Waals surface area (Å²) in [5, 5.41) is 0. The average Bonchev–Trinajstić information content (AvgIpc) is 2.17. The van der Waals surface area contributed by atoms with Crippen molar-refractivity contribution in [2.45, 2.75) is 32.3 Å². The summed E-state index contributed by atoms with van der Waals surface area (Å²) in [6.45, 7) is 2.16. The van der Waals surface area contributed by atoms with Gasteiger partial charge in [-0.2, -0.15) is 0 Å². The number of rotatable bonds is 1. The van der Waals surface area contributed by atoms with Gasteiger partial charge in [0.15, 0.2) is 0 Å². The van der Waals surface area contributed by atoms with Crippen molar-refractivity contribution in [1.29, 1.82) is 0 Å². The lowest BCUT2D eigenvalue weighted by Crippen LogP contribution is -2.20. The monoisotopic (exact) mass is 176 g/mol. The van der Waals surface area contributed by atoms with E-state index in [1.165, 1.54) is 29.5 Å². The first-order valence-corrected chi connectivity index (χ1v) is 4.91. The summed E-state index contributed by atoms with van der Waals surface area (Å²) in [6.07, 6.45) is 3.88. The minimum atomic E-state index is 0.440. The van der Waals surface area contributed by atoms with Crippen molar-refractivity contribution >= 4 is 0 Å². The molecule has 2 rings (SSSR count). The third-order valence-corrected chi connectivity index (χ3v) is 2.88. The van der Waals surface area contributed by atoms with Crippen molar-refractivity contribution in [2.75, 3.05) is 7.11 Å². The molecular formula is C12H16O. The maximum atomic E-state index is 5.38. The molecule has 0 saturated heterocycles. The van der Waals surface area contributed by atoms with E-state index in [-0.39, 0.29) is 0 Å². The summed E-state index contributed by atoms with van der Waals surface area (Å²) < 4.78 is 5.38. The van der Waals surface area contributed by atoms with E-state index in [0.717, 1.165) is 6.42 Å². The molecule has 1 nitrogen and oxygen atoms in total.